The molecule has 0 fully saturated rings. The number of benzene rings is 2. The molecular weight excluding hydrogens is 435 g/mol. The van der Waals surface area contributed by atoms with Crippen molar-refractivity contribution in [1.82, 2.24) is 9.88 Å². The zero-order chi connectivity index (χ0) is 20.2. The van der Waals surface area contributed by atoms with Gasteiger partial charge in [0.2, 0.25) is 0 Å². The fourth-order valence-electron chi connectivity index (χ4n) is 3.89. The summed E-state index contributed by atoms with van der Waals surface area (Å²) in [7, 11) is 0. The predicted octanol–water partition coefficient (Wildman–Crippen LogP) is 6.67. The van der Waals surface area contributed by atoms with Crippen LogP contribution >= 0.6 is 34.5 Å². The van der Waals surface area contributed by atoms with Crippen LogP contribution in [-0.4, -0.2) is 35.1 Å². The average molecular weight is 449 g/mol. The van der Waals surface area contributed by atoms with E-state index in [2.05, 4.69) is 11.0 Å². The summed E-state index contributed by atoms with van der Waals surface area (Å²) in [6, 6.07) is 17.8. The number of pyridine rings is 1. The van der Waals surface area contributed by atoms with Crippen molar-refractivity contribution >= 4 is 62.6 Å². The van der Waals surface area contributed by atoms with Crippen LogP contribution in [0.15, 0.2) is 64.6 Å². The Labute approximate surface area is 187 Å². The van der Waals surface area contributed by atoms with Gasteiger partial charge < -0.3 is 4.90 Å². The maximum absolute atomic E-state index is 6.15. The highest BCUT2D eigenvalue weighted by molar-refractivity contribution is 7.21. The second-order valence-electron chi connectivity index (χ2n) is 7.17. The highest BCUT2D eigenvalue weighted by atomic mass is 35.5. The number of halogens is 2. The van der Waals surface area contributed by atoms with Crippen LogP contribution in [0, 0.1) is 0 Å². The van der Waals surface area contributed by atoms with E-state index in [9.17, 15) is 0 Å². The standard InChI is InChI=1S/C23H14Cl2N4S/c24-15-5-1-13(2-6-15)17-11-18(14-3-7-16(25)8-4-14)28-23-19(17)20-21(30-23)22-26-9-10-29(22)12-27-20/h1-8,11-12H,9-10H2. The normalized spacial score (nSPS) is 14.7. The maximum atomic E-state index is 6.15. The molecule has 0 unspecified atom stereocenters. The minimum atomic E-state index is 0.706. The second kappa shape index (κ2) is 6.91. The van der Waals surface area contributed by atoms with Gasteiger partial charge in [-0.3, -0.25) is 4.99 Å². The monoisotopic (exact) mass is 448 g/mol. The number of thiophene rings is 1. The number of fused-ring (bicyclic) bond motifs is 5. The molecule has 2 aliphatic heterocycles. The van der Waals surface area contributed by atoms with Gasteiger partial charge in [-0.25, -0.2) is 9.98 Å². The maximum Gasteiger partial charge on any atom is 0.148 e. The number of aliphatic imine (C=N–C) groups is 2. The van der Waals surface area contributed by atoms with Gasteiger partial charge in [-0.05, 0) is 41.5 Å². The third kappa shape index (κ3) is 2.85. The Morgan fingerprint density at radius 1 is 0.900 bits per heavy atom. The molecule has 0 amide bonds. The largest absolute Gasteiger partial charge is 0.314 e. The molecule has 0 saturated heterocycles. The Morgan fingerprint density at radius 2 is 1.60 bits per heavy atom. The highest BCUT2D eigenvalue weighted by Gasteiger charge is 2.29. The van der Waals surface area contributed by atoms with Gasteiger partial charge in [0.05, 0.1) is 29.1 Å². The quantitative estimate of drug-likeness (QED) is 0.343. The summed E-state index contributed by atoms with van der Waals surface area (Å²) in [5, 5.41) is 2.47. The number of rotatable bonds is 2. The number of hydrogen-bond acceptors (Lipinski definition) is 5. The first-order valence-corrected chi connectivity index (χ1v) is 11.1. The predicted molar refractivity (Wildman–Crippen MR) is 127 cm³/mol. The molecule has 4 heterocycles. The Kier molecular flexibility index (Phi) is 4.16. The first-order chi connectivity index (χ1) is 14.7. The first-order valence-electron chi connectivity index (χ1n) is 9.52. The Balaban J connectivity index is 1.65. The number of aromatic nitrogens is 1. The van der Waals surface area contributed by atoms with Crippen molar-refractivity contribution in [3.63, 3.8) is 0 Å². The SMILES string of the molecule is Clc1ccc(-c2cc(-c3ccc(Cl)cc3)c3c4c(sc3n2)C2=NCCN2C=N4)cc1. The molecule has 7 heteroatoms. The van der Waals surface area contributed by atoms with Crippen LogP contribution in [-0.2, 0) is 0 Å². The van der Waals surface area contributed by atoms with Gasteiger partial charge in [-0.2, -0.15) is 0 Å². The fourth-order valence-corrected chi connectivity index (χ4v) is 5.31. The molecule has 4 aromatic rings. The second-order valence-corrected chi connectivity index (χ2v) is 9.04. The van der Waals surface area contributed by atoms with Crippen molar-refractivity contribution in [2.45, 2.75) is 0 Å². The number of nitrogens with zero attached hydrogens (tertiary/aromatic N) is 4. The molecule has 0 aliphatic carbocycles. The van der Waals surface area contributed by atoms with E-state index in [1.807, 2.05) is 54.9 Å². The molecule has 6 rings (SSSR count). The van der Waals surface area contributed by atoms with E-state index in [0.29, 0.717) is 10.0 Å². The van der Waals surface area contributed by atoms with Crippen LogP contribution in [0.1, 0.15) is 4.88 Å². The molecule has 4 nitrogen and oxygen atoms in total. The van der Waals surface area contributed by atoms with Gasteiger partial charge in [-0.15, -0.1) is 11.3 Å². The van der Waals surface area contributed by atoms with Crippen LogP contribution in [0.2, 0.25) is 10.0 Å². The highest BCUT2D eigenvalue weighted by Crippen LogP contribution is 2.46. The lowest BCUT2D eigenvalue weighted by Crippen LogP contribution is -2.28. The van der Waals surface area contributed by atoms with Gasteiger partial charge in [0.15, 0.2) is 0 Å². The Morgan fingerprint density at radius 3 is 2.33 bits per heavy atom. The molecule has 2 aliphatic rings. The van der Waals surface area contributed by atoms with E-state index >= 15 is 0 Å². The van der Waals surface area contributed by atoms with E-state index in [1.54, 1.807) is 11.3 Å². The Hall–Kier alpha value is -2.73. The number of amidine groups is 1. The fraction of sp³-hybridized carbons (Fsp3) is 0.0870. The minimum absolute atomic E-state index is 0.706. The lowest BCUT2D eigenvalue weighted by Gasteiger charge is -2.18. The van der Waals surface area contributed by atoms with Crippen LogP contribution in [0.25, 0.3) is 32.6 Å². The van der Waals surface area contributed by atoms with Crippen molar-refractivity contribution in [2.24, 2.45) is 9.98 Å². The smallest absolute Gasteiger partial charge is 0.148 e. The van der Waals surface area contributed by atoms with Crippen LogP contribution in [0.4, 0.5) is 5.69 Å². The van der Waals surface area contributed by atoms with Crippen LogP contribution < -0.4 is 0 Å². The molecule has 2 aromatic heterocycles. The molecule has 0 spiro atoms. The molecule has 0 N–H and O–H groups in total. The molecule has 0 bridgehead atoms. The van der Waals surface area contributed by atoms with Crippen LogP contribution in [0.3, 0.4) is 0 Å². The number of hydrogen-bond donors (Lipinski definition) is 0. The summed E-state index contributed by atoms with van der Waals surface area (Å²) in [5.41, 5.74) is 5.03. The zero-order valence-electron chi connectivity index (χ0n) is 15.6. The van der Waals surface area contributed by atoms with Gasteiger partial charge in [0.1, 0.15) is 10.7 Å². The van der Waals surface area contributed by atoms with E-state index < -0.39 is 0 Å². The molecule has 0 saturated carbocycles. The topological polar surface area (TPSA) is 40.9 Å². The van der Waals surface area contributed by atoms with Crippen molar-refractivity contribution in [3.05, 3.63) is 69.5 Å². The molecule has 0 radical (unpaired) electrons. The van der Waals surface area contributed by atoms with Gasteiger partial charge >= 0.3 is 0 Å². The third-order valence-corrected chi connectivity index (χ3v) is 6.91. The molecule has 146 valence electrons. The summed E-state index contributed by atoms with van der Waals surface area (Å²) >= 11 is 13.9. The summed E-state index contributed by atoms with van der Waals surface area (Å²) in [5.74, 6) is 0.998. The van der Waals surface area contributed by atoms with E-state index in [1.165, 1.54) is 0 Å². The molecule has 30 heavy (non-hydrogen) atoms. The summed E-state index contributed by atoms with van der Waals surface area (Å²) in [4.78, 5) is 18.6. The minimum Gasteiger partial charge on any atom is -0.314 e. The molecule has 2 aromatic carbocycles. The summed E-state index contributed by atoms with van der Waals surface area (Å²) in [6.45, 7) is 1.67. The van der Waals surface area contributed by atoms with E-state index in [-0.39, 0.29) is 0 Å². The first kappa shape index (κ1) is 18.1. The zero-order valence-corrected chi connectivity index (χ0v) is 18.0. The van der Waals surface area contributed by atoms with E-state index in [0.717, 1.165) is 62.1 Å². The summed E-state index contributed by atoms with van der Waals surface area (Å²) < 4.78 is 0. The molecular formula is C23H14Cl2N4S. The van der Waals surface area contributed by atoms with Crippen LogP contribution in [0.5, 0.6) is 0 Å². The third-order valence-electron chi connectivity index (χ3n) is 5.34. The Bertz CT molecular complexity index is 1350. The van der Waals surface area contributed by atoms with Crippen molar-refractivity contribution in [1.29, 1.82) is 0 Å². The van der Waals surface area contributed by atoms with E-state index in [4.69, 9.17) is 38.2 Å². The van der Waals surface area contributed by atoms with Gasteiger partial charge in [-0.1, -0.05) is 47.5 Å². The summed E-state index contributed by atoms with van der Waals surface area (Å²) in [6.07, 6.45) is 1.89. The van der Waals surface area contributed by atoms with Crippen molar-refractivity contribution in [3.8, 4) is 22.4 Å². The lowest BCUT2D eigenvalue weighted by atomic mass is 9.99. The average Bonchev–Trinajstić information content (AvgIpc) is 3.38. The molecule has 0 atom stereocenters. The van der Waals surface area contributed by atoms with Crippen molar-refractivity contribution in [2.75, 3.05) is 13.1 Å². The lowest BCUT2D eigenvalue weighted by molar-refractivity contribution is 0.682. The van der Waals surface area contributed by atoms with Gasteiger partial charge in [0, 0.05) is 27.5 Å². The van der Waals surface area contributed by atoms with Gasteiger partial charge in [0.25, 0.3) is 0 Å². The van der Waals surface area contributed by atoms with Crippen molar-refractivity contribution < 1.29 is 0 Å².